The monoisotopic (exact) mass is 386 g/mol. The number of piperidine rings is 1. The van der Waals surface area contributed by atoms with Gasteiger partial charge in [0.1, 0.15) is 17.9 Å². The molecule has 3 atom stereocenters. The summed E-state index contributed by atoms with van der Waals surface area (Å²) in [5.41, 5.74) is 3.58. The summed E-state index contributed by atoms with van der Waals surface area (Å²) >= 11 is 0. The van der Waals surface area contributed by atoms with Gasteiger partial charge in [-0.25, -0.2) is 0 Å². The van der Waals surface area contributed by atoms with Crippen molar-refractivity contribution in [3.05, 3.63) is 29.1 Å². The van der Waals surface area contributed by atoms with E-state index >= 15 is 0 Å². The maximum atomic E-state index is 14.0. The lowest BCUT2D eigenvalue weighted by Gasteiger charge is -2.43. The lowest BCUT2D eigenvalue weighted by atomic mass is 9.69. The zero-order chi connectivity index (χ0) is 19.7. The summed E-state index contributed by atoms with van der Waals surface area (Å²) in [4.78, 5) is 21.1. The van der Waals surface area contributed by atoms with Crippen molar-refractivity contribution in [1.29, 1.82) is 0 Å². The van der Waals surface area contributed by atoms with Gasteiger partial charge in [-0.2, -0.15) is 0 Å². The summed E-state index contributed by atoms with van der Waals surface area (Å²) < 4.78 is 0. The molecule has 0 unspecified atom stereocenters. The van der Waals surface area contributed by atoms with E-state index < -0.39 is 0 Å². The molecule has 1 spiro atoms. The molecular weight excluding hydrogens is 348 g/mol. The van der Waals surface area contributed by atoms with E-state index in [0.717, 1.165) is 44.8 Å². The second-order valence-corrected chi connectivity index (χ2v) is 9.25. The molecule has 3 aliphatic heterocycles. The summed E-state index contributed by atoms with van der Waals surface area (Å²) in [7, 11) is 0. The standard InChI is InChI=1S/C23H36N4O/c1-4-17(5-2)21-8-6-7-11-27(21)22(28)19-12-24-14-23(19)15-25-13-20-18(23)10-9-16(3)26-20/h9-10,17,19,21,24-25H,4-8,11-15H2,1-3H3/p+2/t19-,21-,23+/m0/s1. The van der Waals surface area contributed by atoms with Gasteiger partial charge in [0.05, 0.1) is 25.3 Å². The molecule has 2 saturated heterocycles. The highest BCUT2D eigenvalue weighted by Crippen LogP contribution is 2.38. The zero-order valence-corrected chi connectivity index (χ0v) is 17.9. The van der Waals surface area contributed by atoms with Crippen molar-refractivity contribution in [3.63, 3.8) is 0 Å². The Hall–Kier alpha value is -1.46. The summed E-state index contributed by atoms with van der Waals surface area (Å²) in [6.45, 7) is 11.5. The largest absolute Gasteiger partial charge is 0.345 e. The maximum Gasteiger partial charge on any atom is 0.233 e. The molecule has 2 fully saturated rings. The van der Waals surface area contributed by atoms with Crippen molar-refractivity contribution >= 4 is 5.91 Å². The Morgan fingerprint density at radius 2 is 2.04 bits per heavy atom. The fourth-order valence-electron chi connectivity index (χ4n) is 6.29. The van der Waals surface area contributed by atoms with Crippen LogP contribution in [-0.2, 0) is 16.8 Å². The van der Waals surface area contributed by atoms with Crippen LogP contribution in [0.5, 0.6) is 0 Å². The first-order valence-electron chi connectivity index (χ1n) is 11.5. The maximum absolute atomic E-state index is 14.0. The van der Waals surface area contributed by atoms with Crippen LogP contribution >= 0.6 is 0 Å². The van der Waals surface area contributed by atoms with Crippen LogP contribution in [0.3, 0.4) is 0 Å². The third-order valence-corrected chi connectivity index (χ3v) is 7.80. The molecule has 0 radical (unpaired) electrons. The predicted octanol–water partition coefficient (Wildman–Crippen LogP) is 0.715. The topological polar surface area (TPSA) is 66.4 Å². The molecule has 5 nitrogen and oxygen atoms in total. The molecule has 1 amide bonds. The Morgan fingerprint density at radius 1 is 1.25 bits per heavy atom. The second kappa shape index (κ2) is 8.11. The summed E-state index contributed by atoms with van der Waals surface area (Å²) in [6, 6.07) is 4.86. The molecule has 4 heterocycles. The number of carbonyl (C=O) groups is 1. The number of aryl methyl sites for hydroxylation is 1. The number of hydrogen-bond donors (Lipinski definition) is 2. The van der Waals surface area contributed by atoms with E-state index in [-0.39, 0.29) is 11.3 Å². The first-order valence-corrected chi connectivity index (χ1v) is 11.5. The van der Waals surface area contributed by atoms with Crippen molar-refractivity contribution in [3.8, 4) is 0 Å². The Labute approximate surface area is 169 Å². The van der Waals surface area contributed by atoms with Gasteiger partial charge in [0.25, 0.3) is 0 Å². The minimum atomic E-state index is -0.0543. The van der Waals surface area contributed by atoms with Crippen LogP contribution in [0, 0.1) is 18.8 Å². The van der Waals surface area contributed by atoms with Crippen molar-refractivity contribution in [2.45, 2.75) is 70.9 Å². The van der Waals surface area contributed by atoms with Gasteiger partial charge in [0.2, 0.25) is 5.91 Å². The number of quaternary nitrogens is 2. The van der Waals surface area contributed by atoms with Gasteiger partial charge in [0, 0.05) is 18.3 Å². The van der Waals surface area contributed by atoms with E-state index in [1.165, 1.54) is 36.9 Å². The predicted molar refractivity (Wildman–Crippen MR) is 110 cm³/mol. The van der Waals surface area contributed by atoms with Crippen LogP contribution < -0.4 is 10.6 Å². The van der Waals surface area contributed by atoms with Gasteiger partial charge in [-0.1, -0.05) is 32.8 Å². The van der Waals surface area contributed by atoms with E-state index in [0.29, 0.717) is 17.9 Å². The van der Waals surface area contributed by atoms with Gasteiger partial charge in [-0.3, -0.25) is 9.78 Å². The quantitative estimate of drug-likeness (QED) is 0.801. The van der Waals surface area contributed by atoms with Gasteiger partial charge in [0.15, 0.2) is 0 Å². The molecule has 154 valence electrons. The molecule has 28 heavy (non-hydrogen) atoms. The Balaban J connectivity index is 1.66. The number of nitrogens with zero attached hydrogens (tertiary/aromatic N) is 2. The molecule has 0 bridgehead atoms. The number of nitrogens with two attached hydrogens (primary N) is 2. The van der Waals surface area contributed by atoms with Crippen LogP contribution in [0.15, 0.2) is 12.1 Å². The van der Waals surface area contributed by atoms with Gasteiger partial charge in [-0.15, -0.1) is 0 Å². The number of rotatable bonds is 4. The molecule has 1 aromatic rings. The average molecular weight is 387 g/mol. The average Bonchev–Trinajstić information content (AvgIpc) is 3.12. The Kier molecular flexibility index (Phi) is 5.75. The van der Waals surface area contributed by atoms with Crippen molar-refractivity contribution in [2.75, 3.05) is 26.2 Å². The van der Waals surface area contributed by atoms with E-state index in [1.54, 1.807) is 0 Å². The minimum Gasteiger partial charge on any atom is -0.345 e. The molecule has 3 aliphatic rings. The van der Waals surface area contributed by atoms with Gasteiger partial charge >= 0.3 is 0 Å². The molecular formula is C23H38N4O+2. The Bertz CT molecular complexity index is 717. The molecule has 4 rings (SSSR count). The third kappa shape index (κ3) is 3.26. The van der Waals surface area contributed by atoms with E-state index in [4.69, 9.17) is 4.98 Å². The molecule has 1 aromatic heterocycles. The van der Waals surface area contributed by atoms with E-state index in [9.17, 15) is 4.79 Å². The van der Waals surface area contributed by atoms with Crippen molar-refractivity contribution in [1.82, 2.24) is 9.88 Å². The lowest BCUT2D eigenvalue weighted by molar-refractivity contribution is -0.691. The summed E-state index contributed by atoms with van der Waals surface area (Å²) in [5.74, 6) is 1.15. The molecule has 0 aromatic carbocycles. The highest BCUT2D eigenvalue weighted by molar-refractivity contribution is 5.82. The molecule has 0 aliphatic carbocycles. The highest BCUT2D eigenvalue weighted by atomic mass is 16.2. The van der Waals surface area contributed by atoms with Gasteiger partial charge < -0.3 is 15.5 Å². The van der Waals surface area contributed by atoms with Crippen LogP contribution in [0.25, 0.3) is 0 Å². The number of fused-ring (bicyclic) bond motifs is 2. The lowest BCUT2D eigenvalue weighted by Crippen LogP contribution is -2.91. The number of hydrogen-bond acceptors (Lipinski definition) is 2. The molecule has 5 heteroatoms. The van der Waals surface area contributed by atoms with Gasteiger partial charge in [-0.05, 0) is 43.7 Å². The number of likely N-dealkylation sites (tertiary alicyclic amines) is 1. The number of amides is 1. The van der Waals surface area contributed by atoms with Crippen molar-refractivity contribution < 1.29 is 15.4 Å². The van der Waals surface area contributed by atoms with Crippen LogP contribution in [0.4, 0.5) is 0 Å². The number of carbonyl (C=O) groups excluding carboxylic acids is 1. The second-order valence-electron chi connectivity index (χ2n) is 9.25. The molecule has 4 N–H and O–H groups in total. The normalized spacial score (nSPS) is 30.1. The van der Waals surface area contributed by atoms with Crippen LogP contribution in [0.2, 0.25) is 0 Å². The summed E-state index contributed by atoms with van der Waals surface area (Å²) in [5, 5.41) is 4.75. The zero-order valence-electron chi connectivity index (χ0n) is 17.9. The highest BCUT2D eigenvalue weighted by Gasteiger charge is 2.57. The van der Waals surface area contributed by atoms with Crippen LogP contribution in [-0.4, -0.2) is 48.0 Å². The first-order chi connectivity index (χ1) is 13.6. The smallest absolute Gasteiger partial charge is 0.233 e. The fraction of sp³-hybridized carbons (Fsp3) is 0.739. The van der Waals surface area contributed by atoms with E-state index in [1.807, 2.05) is 0 Å². The van der Waals surface area contributed by atoms with E-state index in [2.05, 4.69) is 48.4 Å². The number of pyridine rings is 1. The molecule has 0 saturated carbocycles. The van der Waals surface area contributed by atoms with Crippen molar-refractivity contribution in [2.24, 2.45) is 11.8 Å². The number of aromatic nitrogens is 1. The summed E-state index contributed by atoms with van der Waals surface area (Å²) in [6.07, 6.45) is 5.96. The van der Waals surface area contributed by atoms with Crippen LogP contribution in [0.1, 0.15) is 62.9 Å². The Morgan fingerprint density at radius 3 is 2.82 bits per heavy atom. The fourth-order valence-corrected chi connectivity index (χ4v) is 6.29. The third-order valence-electron chi connectivity index (χ3n) is 7.80. The SMILES string of the molecule is CCC(CC)[C@@H]1CCCCN1C(=O)[C@@H]1C[NH2+]C[C@]12C[NH2+]Cc1nc(C)ccc12. The first kappa shape index (κ1) is 19.8. The minimum absolute atomic E-state index is 0.0543.